The highest BCUT2D eigenvalue weighted by Gasteiger charge is 2.37. The van der Waals surface area contributed by atoms with Crippen LogP contribution in [0.1, 0.15) is 21.5 Å². The molecular weight excluding hydrogens is 416 g/mol. The Morgan fingerprint density at radius 1 is 0.759 bits per heavy atom. The Labute approximate surface area is 156 Å². The maximum Gasteiger partial charge on any atom is 0.416 e. The first-order valence-corrected chi connectivity index (χ1v) is 7.23. The fourth-order valence-corrected chi connectivity index (χ4v) is 2.17. The molecule has 0 spiro atoms. The third-order valence-electron chi connectivity index (χ3n) is 3.43. The Bertz CT molecular complexity index is 938. The number of nitro groups is 2. The van der Waals surface area contributed by atoms with Crippen molar-refractivity contribution in [3.8, 4) is 0 Å². The van der Waals surface area contributed by atoms with Crippen molar-refractivity contribution in [2.75, 3.05) is 5.32 Å². The first-order chi connectivity index (χ1) is 13.2. The molecule has 0 bridgehead atoms. The number of rotatable bonds is 4. The normalized spacial score (nSPS) is 11.8. The van der Waals surface area contributed by atoms with E-state index in [4.69, 9.17) is 0 Å². The summed E-state index contributed by atoms with van der Waals surface area (Å²) in [6.07, 6.45) is -10.3. The third kappa shape index (κ3) is 5.18. The summed E-state index contributed by atoms with van der Waals surface area (Å²) >= 11 is 0. The van der Waals surface area contributed by atoms with Gasteiger partial charge in [0, 0.05) is 17.8 Å². The minimum atomic E-state index is -5.16. The number of hydrogen-bond acceptors (Lipinski definition) is 5. The standard InChI is InChI=1S/C15H7F6N3O5/c16-14(17,18)8-3-9(15(19,20)21)5-10(4-8)22-13(25)7-1-11(23(26)27)6-12(2-7)24(28)29/h1-6H,(H,22,25). The number of alkyl halides is 6. The lowest BCUT2D eigenvalue weighted by Gasteiger charge is -2.14. The van der Waals surface area contributed by atoms with Gasteiger partial charge in [-0.3, -0.25) is 25.0 Å². The van der Waals surface area contributed by atoms with Crippen molar-refractivity contribution in [2.45, 2.75) is 12.4 Å². The summed E-state index contributed by atoms with van der Waals surface area (Å²) in [6, 6.07) is 1.98. The smallest absolute Gasteiger partial charge is 0.322 e. The molecule has 0 atom stereocenters. The maximum absolute atomic E-state index is 12.9. The van der Waals surface area contributed by atoms with Crippen LogP contribution in [0.15, 0.2) is 36.4 Å². The summed E-state index contributed by atoms with van der Waals surface area (Å²) in [4.78, 5) is 31.7. The summed E-state index contributed by atoms with van der Waals surface area (Å²) < 4.78 is 77.1. The van der Waals surface area contributed by atoms with Gasteiger partial charge in [-0.25, -0.2) is 0 Å². The molecule has 0 radical (unpaired) electrons. The Kier molecular flexibility index (Phi) is 5.48. The van der Waals surface area contributed by atoms with Gasteiger partial charge in [0.05, 0.1) is 32.6 Å². The molecule has 0 fully saturated rings. The van der Waals surface area contributed by atoms with Crippen molar-refractivity contribution < 1.29 is 41.0 Å². The maximum atomic E-state index is 12.9. The van der Waals surface area contributed by atoms with E-state index in [1.165, 1.54) is 0 Å². The molecule has 2 aromatic carbocycles. The molecule has 0 aliphatic carbocycles. The lowest BCUT2D eigenvalue weighted by molar-refractivity contribution is -0.394. The Morgan fingerprint density at radius 2 is 1.17 bits per heavy atom. The fraction of sp³-hybridized carbons (Fsp3) is 0.133. The van der Waals surface area contributed by atoms with Crippen LogP contribution >= 0.6 is 0 Å². The monoisotopic (exact) mass is 423 g/mol. The number of carbonyl (C=O) groups excluding carboxylic acids is 1. The van der Waals surface area contributed by atoms with Crippen molar-refractivity contribution in [1.29, 1.82) is 0 Å². The van der Waals surface area contributed by atoms with Gasteiger partial charge >= 0.3 is 12.4 Å². The SMILES string of the molecule is O=C(Nc1cc(C(F)(F)F)cc(C(F)(F)F)c1)c1cc([N+](=O)[O-])cc([N+](=O)[O-])c1. The van der Waals surface area contributed by atoms with E-state index >= 15 is 0 Å². The highest BCUT2D eigenvalue weighted by molar-refractivity contribution is 6.05. The summed E-state index contributed by atoms with van der Waals surface area (Å²) in [5.41, 5.74) is -6.77. The van der Waals surface area contributed by atoms with Gasteiger partial charge in [-0.1, -0.05) is 0 Å². The first-order valence-electron chi connectivity index (χ1n) is 7.23. The summed E-state index contributed by atoms with van der Waals surface area (Å²) in [5, 5.41) is 23.4. The minimum Gasteiger partial charge on any atom is -0.322 e. The predicted octanol–water partition coefficient (Wildman–Crippen LogP) is 4.79. The highest BCUT2D eigenvalue weighted by Crippen LogP contribution is 2.37. The van der Waals surface area contributed by atoms with E-state index in [2.05, 4.69) is 0 Å². The predicted molar refractivity (Wildman–Crippen MR) is 84.2 cm³/mol. The second-order valence-corrected chi connectivity index (χ2v) is 5.50. The van der Waals surface area contributed by atoms with Crippen molar-refractivity contribution in [1.82, 2.24) is 0 Å². The van der Waals surface area contributed by atoms with Crippen LogP contribution in [-0.2, 0) is 12.4 Å². The number of carbonyl (C=O) groups is 1. The summed E-state index contributed by atoms with van der Waals surface area (Å²) in [7, 11) is 0. The van der Waals surface area contributed by atoms with E-state index in [1.807, 2.05) is 0 Å². The zero-order valence-electron chi connectivity index (χ0n) is 13.7. The van der Waals surface area contributed by atoms with Crippen LogP contribution in [0, 0.1) is 20.2 Å². The molecule has 0 unspecified atom stereocenters. The molecule has 1 N–H and O–H groups in total. The van der Waals surface area contributed by atoms with Gasteiger partial charge in [-0.2, -0.15) is 26.3 Å². The minimum absolute atomic E-state index is 0.159. The van der Waals surface area contributed by atoms with E-state index in [-0.39, 0.29) is 18.2 Å². The highest BCUT2D eigenvalue weighted by atomic mass is 19.4. The second-order valence-electron chi connectivity index (χ2n) is 5.50. The molecule has 0 saturated heterocycles. The van der Waals surface area contributed by atoms with Crippen molar-refractivity contribution in [3.63, 3.8) is 0 Å². The van der Waals surface area contributed by atoms with Crippen LogP contribution in [0.5, 0.6) is 0 Å². The van der Waals surface area contributed by atoms with E-state index in [0.29, 0.717) is 18.2 Å². The van der Waals surface area contributed by atoms with Gasteiger partial charge in [-0.15, -0.1) is 0 Å². The third-order valence-corrected chi connectivity index (χ3v) is 3.43. The Morgan fingerprint density at radius 3 is 1.52 bits per heavy atom. The molecule has 154 valence electrons. The van der Waals surface area contributed by atoms with Crippen molar-refractivity contribution in [2.24, 2.45) is 0 Å². The summed E-state index contributed by atoms with van der Waals surface area (Å²) in [6.45, 7) is 0. The first kappa shape index (κ1) is 21.6. The van der Waals surface area contributed by atoms with Crippen molar-refractivity contribution >= 4 is 23.0 Å². The lowest BCUT2D eigenvalue weighted by atomic mass is 10.1. The van der Waals surface area contributed by atoms with Gasteiger partial charge in [0.1, 0.15) is 0 Å². The molecule has 8 nitrogen and oxygen atoms in total. The Balaban J connectivity index is 2.50. The van der Waals surface area contributed by atoms with E-state index in [0.717, 1.165) is 0 Å². The Hall–Kier alpha value is -3.71. The topological polar surface area (TPSA) is 115 Å². The van der Waals surface area contributed by atoms with Gasteiger partial charge in [0.15, 0.2) is 0 Å². The number of nitro benzene ring substituents is 2. The van der Waals surface area contributed by atoms with Crippen LogP contribution in [0.3, 0.4) is 0 Å². The quantitative estimate of drug-likeness (QED) is 0.431. The van der Waals surface area contributed by atoms with Crippen LogP contribution in [0.25, 0.3) is 0 Å². The lowest BCUT2D eigenvalue weighted by Crippen LogP contribution is -2.16. The van der Waals surface area contributed by atoms with E-state index < -0.39 is 61.9 Å². The molecule has 0 aromatic heterocycles. The molecule has 1 amide bonds. The number of amides is 1. The van der Waals surface area contributed by atoms with Crippen LogP contribution < -0.4 is 5.32 Å². The van der Waals surface area contributed by atoms with Gasteiger partial charge in [0.2, 0.25) is 0 Å². The largest absolute Gasteiger partial charge is 0.416 e. The van der Waals surface area contributed by atoms with Crippen LogP contribution in [-0.4, -0.2) is 15.8 Å². The fourth-order valence-electron chi connectivity index (χ4n) is 2.17. The number of hydrogen-bond donors (Lipinski definition) is 1. The molecule has 0 saturated carbocycles. The van der Waals surface area contributed by atoms with Gasteiger partial charge < -0.3 is 5.32 Å². The molecule has 2 aromatic rings. The average molecular weight is 423 g/mol. The molecule has 0 aliphatic rings. The number of halogens is 6. The average Bonchev–Trinajstić information content (AvgIpc) is 2.59. The van der Waals surface area contributed by atoms with Crippen molar-refractivity contribution in [3.05, 3.63) is 73.3 Å². The second kappa shape index (κ2) is 7.37. The van der Waals surface area contributed by atoms with E-state index in [9.17, 15) is 51.4 Å². The van der Waals surface area contributed by atoms with Crippen LogP contribution in [0.4, 0.5) is 43.4 Å². The molecular formula is C15H7F6N3O5. The number of benzene rings is 2. The molecule has 14 heteroatoms. The molecule has 2 rings (SSSR count). The molecule has 0 aliphatic heterocycles. The zero-order chi connectivity index (χ0) is 22.1. The van der Waals surface area contributed by atoms with Gasteiger partial charge in [-0.05, 0) is 18.2 Å². The van der Waals surface area contributed by atoms with Gasteiger partial charge in [0.25, 0.3) is 17.3 Å². The number of anilines is 1. The number of non-ortho nitro benzene ring substituents is 2. The molecule has 0 heterocycles. The summed E-state index contributed by atoms with van der Waals surface area (Å²) in [5.74, 6) is -1.38. The molecule has 29 heavy (non-hydrogen) atoms. The van der Waals surface area contributed by atoms with E-state index in [1.54, 1.807) is 5.32 Å². The van der Waals surface area contributed by atoms with Crippen LogP contribution in [0.2, 0.25) is 0 Å². The zero-order valence-corrected chi connectivity index (χ0v) is 13.7. The number of nitrogens with one attached hydrogen (secondary N) is 1. The number of nitrogens with zero attached hydrogens (tertiary/aromatic N) is 2.